The third-order valence-corrected chi connectivity index (χ3v) is 3.02. The first-order chi connectivity index (χ1) is 7.86. The van der Waals surface area contributed by atoms with Gasteiger partial charge in [0.1, 0.15) is 0 Å². The van der Waals surface area contributed by atoms with Gasteiger partial charge in [-0.1, -0.05) is 0 Å². The summed E-state index contributed by atoms with van der Waals surface area (Å²) < 4.78 is 5.67. The standard InChI is InChI=1S/C11H14N4O.2ClH/c1-12-8-4-6-15(7-8)11-14-10-9(16-11)3-2-5-13-10;;/h2-3,5,8,12H,4,6-7H2,1H3;2*1H. The molecule has 0 radical (unpaired) electrons. The molecule has 1 atom stereocenters. The number of nitrogens with zero attached hydrogens (tertiary/aromatic N) is 3. The zero-order valence-corrected chi connectivity index (χ0v) is 11.6. The molecule has 1 aliphatic rings. The van der Waals surface area contributed by atoms with Gasteiger partial charge in [0.15, 0.2) is 5.58 Å². The van der Waals surface area contributed by atoms with Crippen LogP contribution in [0.1, 0.15) is 6.42 Å². The van der Waals surface area contributed by atoms with Crippen molar-refractivity contribution in [2.45, 2.75) is 12.5 Å². The summed E-state index contributed by atoms with van der Waals surface area (Å²) in [5, 5.41) is 3.27. The van der Waals surface area contributed by atoms with Crippen molar-refractivity contribution in [2.24, 2.45) is 0 Å². The van der Waals surface area contributed by atoms with Crippen LogP contribution in [0.3, 0.4) is 0 Å². The molecule has 7 heteroatoms. The van der Waals surface area contributed by atoms with E-state index < -0.39 is 0 Å². The van der Waals surface area contributed by atoms with Crippen molar-refractivity contribution in [3.05, 3.63) is 18.3 Å². The molecule has 0 bridgehead atoms. The van der Waals surface area contributed by atoms with Crippen molar-refractivity contribution in [1.82, 2.24) is 15.3 Å². The number of oxazole rings is 1. The molecule has 1 unspecified atom stereocenters. The number of pyridine rings is 1. The molecule has 100 valence electrons. The van der Waals surface area contributed by atoms with Crippen LogP contribution >= 0.6 is 24.8 Å². The Kier molecular flexibility index (Phi) is 5.19. The molecule has 1 aliphatic heterocycles. The van der Waals surface area contributed by atoms with Crippen LogP contribution in [0.15, 0.2) is 22.7 Å². The molecule has 18 heavy (non-hydrogen) atoms. The van der Waals surface area contributed by atoms with Gasteiger partial charge in [0.2, 0.25) is 5.65 Å². The van der Waals surface area contributed by atoms with E-state index in [1.165, 1.54) is 0 Å². The van der Waals surface area contributed by atoms with E-state index in [4.69, 9.17) is 4.42 Å². The lowest BCUT2D eigenvalue weighted by Crippen LogP contribution is -2.29. The van der Waals surface area contributed by atoms with Gasteiger partial charge >= 0.3 is 0 Å². The van der Waals surface area contributed by atoms with Gasteiger partial charge < -0.3 is 14.6 Å². The Labute approximate surface area is 118 Å². The van der Waals surface area contributed by atoms with Gasteiger partial charge in [-0.25, -0.2) is 4.98 Å². The molecule has 3 heterocycles. The minimum absolute atomic E-state index is 0. The van der Waals surface area contributed by atoms with E-state index in [1.807, 2.05) is 19.2 Å². The van der Waals surface area contributed by atoms with Gasteiger partial charge in [-0.2, -0.15) is 4.98 Å². The monoisotopic (exact) mass is 290 g/mol. The maximum absolute atomic E-state index is 5.67. The highest BCUT2D eigenvalue weighted by molar-refractivity contribution is 5.85. The van der Waals surface area contributed by atoms with Crippen LogP contribution in [-0.2, 0) is 0 Å². The maximum atomic E-state index is 5.67. The van der Waals surface area contributed by atoms with E-state index in [9.17, 15) is 0 Å². The average molecular weight is 291 g/mol. The highest BCUT2D eigenvalue weighted by Crippen LogP contribution is 2.23. The third kappa shape index (κ3) is 2.68. The molecule has 3 rings (SSSR count). The van der Waals surface area contributed by atoms with Gasteiger partial charge in [-0.05, 0) is 25.6 Å². The number of hydrogen-bond acceptors (Lipinski definition) is 5. The number of hydrogen-bond donors (Lipinski definition) is 1. The predicted molar refractivity (Wildman–Crippen MR) is 76.0 cm³/mol. The fourth-order valence-electron chi connectivity index (χ4n) is 2.06. The van der Waals surface area contributed by atoms with Gasteiger partial charge in [0, 0.05) is 25.3 Å². The molecule has 1 fully saturated rings. The molecule has 1 saturated heterocycles. The van der Waals surface area contributed by atoms with Crippen molar-refractivity contribution < 1.29 is 4.42 Å². The summed E-state index contributed by atoms with van der Waals surface area (Å²) in [7, 11) is 1.99. The third-order valence-electron chi connectivity index (χ3n) is 3.02. The van der Waals surface area contributed by atoms with Crippen LogP contribution in [0.2, 0.25) is 0 Å². The largest absolute Gasteiger partial charge is 0.422 e. The summed E-state index contributed by atoms with van der Waals surface area (Å²) >= 11 is 0. The van der Waals surface area contributed by atoms with Crippen LogP contribution in [0.25, 0.3) is 11.2 Å². The summed E-state index contributed by atoms with van der Waals surface area (Å²) in [6, 6.07) is 4.97. The topological polar surface area (TPSA) is 54.2 Å². The fourth-order valence-corrected chi connectivity index (χ4v) is 2.06. The van der Waals surface area contributed by atoms with Gasteiger partial charge in [-0.3, -0.25) is 0 Å². The highest BCUT2D eigenvalue weighted by atomic mass is 35.5. The molecule has 0 spiro atoms. The van der Waals surface area contributed by atoms with E-state index in [2.05, 4.69) is 20.2 Å². The summed E-state index contributed by atoms with van der Waals surface area (Å²) in [5.74, 6) is 0. The van der Waals surface area contributed by atoms with Crippen molar-refractivity contribution in [3.63, 3.8) is 0 Å². The fraction of sp³-hybridized carbons (Fsp3) is 0.455. The van der Waals surface area contributed by atoms with Gasteiger partial charge in [0.05, 0.1) is 0 Å². The van der Waals surface area contributed by atoms with Crippen molar-refractivity contribution in [1.29, 1.82) is 0 Å². The number of rotatable bonds is 2. The predicted octanol–water partition coefficient (Wildman–Crippen LogP) is 1.86. The van der Waals surface area contributed by atoms with Crippen molar-refractivity contribution in [3.8, 4) is 0 Å². The molecule has 0 saturated carbocycles. The molecule has 2 aromatic rings. The second-order valence-corrected chi connectivity index (χ2v) is 4.04. The maximum Gasteiger partial charge on any atom is 0.299 e. The Hall–Kier alpha value is -1.04. The number of nitrogens with one attached hydrogen (secondary N) is 1. The Balaban J connectivity index is 0.000000810. The first-order valence-corrected chi connectivity index (χ1v) is 5.50. The van der Waals surface area contributed by atoms with Crippen molar-refractivity contribution >= 4 is 42.1 Å². The summed E-state index contributed by atoms with van der Waals surface area (Å²) in [6.45, 7) is 1.93. The molecular weight excluding hydrogens is 275 g/mol. The van der Waals surface area contributed by atoms with Crippen LogP contribution in [0.4, 0.5) is 6.01 Å². The molecule has 0 aliphatic carbocycles. The first-order valence-electron chi connectivity index (χ1n) is 5.50. The van der Waals surface area contributed by atoms with E-state index in [1.54, 1.807) is 6.20 Å². The molecular formula is C11H16Cl2N4O. The summed E-state index contributed by atoms with van der Waals surface area (Å²) in [5.41, 5.74) is 1.44. The van der Waals surface area contributed by atoms with Crippen LogP contribution in [0, 0.1) is 0 Å². The molecule has 2 aromatic heterocycles. The smallest absolute Gasteiger partial charge is 0.299 e. The molecule has 0 aromatic carbocycles. The Morgan fingerprint density at radius 3 is 2.94 bits per heavy atom. The Morgan fingerprint density at radius 1 is 1.44 bits per heavy atom. The number of aromatic nitrogens is 2. The molecule has 0 amide bonds. The zero-order valence-electron chi connectivity index (χ0n) is 10.00. The quantitative estimate of drug-likeness (QED) is 0.915. The van der Waals surface area contributed by atoms with E-state index in [0.29, 0.717) is 17.7 Å². The Bertz CT molecular complexity index is 472. The van der Waals surface area contributed by atoms with Crippen LogP contribution < -0.4 is 10.2 Å². The average Bonchev–Trinajstić information content (AvgIpc) is 2.95. The number of fused-ring (bicyclic) bond motifs is 1. The lowest BCUT2D eigenvalue weighted by molar-refractivity contribution is 0.575. The van der Waals surface area contributed by atoms with E-state index >= 15 is 0 Å². The SMILES string of the molecule is CNC1CCN(c2nc3ncccc3o2)C1.Cl.Cl. The lowest BCUT2D eigenvalue weighted by atomic mass is 10.3. The second-order valence-electron chi connectivity index (χ2n) is 4.04. The first kappa shape index (κ1) is 15.0. The summed E-state index contributed by atoms with van der Waals surface area (Å²) in [6.07, 6.45) is 2.86. The zero-order chi connectivity index (χ0) is 11.0. The number of halogens is 2. The van der Waals surface area contributed by atoms with E-state index in [-0.39, 0.29) is 24.8 Å². The second kappa shape index (κ2) is 6.22. The number of likely N-dealkylation sites (N-methyl/N-ethyl adjacent to an activating group) is 1. The van der Waals surface area contributed by atoms with Gasteiger partial charge in [0.25, 0.3) is 6.01 Å². The molecule has 5 nitrogen and oxygen atoms in total. The van der Waals surface area contributed by atoms with Crippen LogP contribution in [-0.4, -0.2) is 36.1 Å². The normalized spacial score (nSPS) is 18.5. The minimum atomic E-state index is 0. The Morgan fingerprint density at radius 2 is 2.28 bits per heavy atom. The highest BCUT2D eigenvalue weighted by Gasteiger charge is 2.24. The minimum Gasteiger partial charge on any atom is -0.422 e. The molecule has 1 N–H and O–H groups in total. The van der Waals surface area contributed by atoms with E-state index in [0.717, 1.165) is 25.1 Å². The van der Waals surface area contributed by atoms with Crippen LogP contribution in [0.5, 0.6) is 0 Å². The lowest BCUT2D eigenvalue weighted by Gasteiger charge is -2.12. The summed E-state index contributed by atoms with van der Waals surface area (Å²) in [4.78, 5) is 10.7. The van der Waals surface area contributed by atoms with Gasteiger partial charge in [-0.15, -0.1) is 24.8 Å². The number of anilines is 1. The van der Waals surface area contributed by atoms with Crippen molar-refractivity contribution in [2.75, 3.05) is 25.0 Å².